The van der Waals surface area contributed by atoms with E-state index in [0.29, 0.717) is 22.4 Å². The van der Waals surface area contributed by atoms with Crippen LogP contribution in [-0.2, 0) is 0 Å². The fourth-order valence-corrected chi connectivity index (χ4v) is 4.43. The first-order chi connectivity index (χ1) is 18.6. The maximum absolute atomic E-state index is 6.54. The summed E-state index contributed by atoms with van der Waals surface area (Å²) in [5.41, 5.74) is 1.86. The Morgan fingerprint density at radius 2 is 2.03 bits per heavy atom. The van der Waals surface area contributed by atoms with Crippen LogP contribution < -0.4 is 10.1 Å². The molecule has 0 amide bonds. The molecular weight excluding hydrogens is 500 g/mol. The first-order valence-corrected chi connectivity index (χ1v) is 13.5. The summed E-state index contributed by atoms with van der Waals surface area (Å²) in [6.07, 6.45) is 8.78. The van der Waals surface area contributed by atoms with Crippen molar-refractivity contribution >= 4 is 47.0 Å². The number of aromatic amines is 2. The van der Waals surface area contributed by atoms with Crippen LogP contribution >= 0.6 is 11.6 Å². The van der Waals surface area contributed by atoms with Crippen molar-refractivity contribution in [1.82, 2.24) is 25.0 Å². The number of H-pyrrole nitrogens is 2. The van der Waals surface area contributed by atoms with E-state index in [-0.39, 0.29) is 6.73 Å². The number of fused-ring (bicyclic) bond motifs is 1. The van der Waals surface area contributed by atoms with Gasteiger partial charge >= 0.3 is 0 Å². The predicted molar refractivity (Wildman–Crippen MR) is 160 cm³/mol. The molecule has 1 aliphatic rings. The molecule has 0 spiro atoms. The third-order valence-electron chi connectivity index (χ3n) is 5.95. The van der Waals surface area contributed by atoms with Crippen LogP contribution in [0.4, 0.5) is 5.82 Å². The largest absolute Gasteiger partial charge is 0.470 e. The Balaban J connectivity index is 0.00000195. The first-order valence-electron chi connectivity index (χ1n) is 13.1. The second-order valence-electron chi connectivity index (χ2n) is 8.46. The van der Waals surface area contributed by atoms with Gasteiger partial charge < -0.3 is 19.9 Å². The second kappa shape index (κ2) is 15.0. The van der Waals surface area contributed by atoms with Crippen molar-refractivity contribution in [2.45, 2.75) is 34.1 Å². The van der Waals surface area contributed by atoms with Gasteiger partial charge in [-0.3, -0.25) is 10.00 Å². The number of aliphatic imine (C=N–C) groups is 2. The first kappa shape index (κ1) is 29.0. The molecule has 9 nitrogen and oxygen atoms in total. The molecule has 3 aromatic rings. The Morgan fingerprint density at radius 1 is 1.24 bits per heavy atom. The van der Waals surface area contributed by atoms with E-state index in [4.69, 9.17) is 21.3 Å². The Kier molecular flexibility index (Phi) is 11.4. The van der Waals surface area contributed by atoms with Gasteiger partial charge in [0.15, 0.2) is 12.5 Å². The molecule has 204 valence electrons. The lowest BCUT2D eigenvalue weighted by Gasteiger charge is -2.35. The minimum atomic E-state index is 0.120. The van der Waals surface area contributed by atoms with Gasteiger partial charge in [0.2, 0.25) is 0 Å². The third-order valence-corrected chi connectivity index (χ3v) is 6.34. The molecule has 38 heavy (non-hydrogen) atoms. The van der Waals surface area contributed by atoms with Crippen molar-refractivity contribution in [1.29, 1.82) is 0 Å². The van der Waals surface area contributed by atoms with Crippen LogP contribution in [0.25, 0.3) is 17.0 Å². The highest BCUT2D eigenvalue weighted by Gasteiger charge is 2.19. The number of nitrogens with zero attached hydrogens (tertiary/aromatic N) is 5. The number of hydrogen-bond acceptors (Lipinski definition) is 6. The van der Waals surface area contributed by atoms with Gasteiger partial charge in [-0.1, -0.05) is 38.4 Å². The van der Waals surface area contributed by atoms with Crippen LogP contribution in [0, 0.1) is 0 Å². The van der Waals surface area contributed by atoms with Crippen molar-refractivity contribution in [3.05, 3.63) is 59.2 Å². The monoisotopic (exact) mass is 538 g/mol. The molecule has 0 atom stereocenters. The molecule has 0 bridgehead atoms. The van der Waals surface area contributed by atoms with Gasteiger partial charge in [0.05, 0.1) is 10.7 Å². The second-order valence-corrected chi connectivity index (χ2v) is 8.83. The van der Waals surface area contributed by atoms with Crippen molar-refractivity contribution in [3.63, 3.8) is 0 Å². The van der Waals surface area contributed by atoms with Crippen molar-refractivity contribution in [2.24, 2.45) is 9.98 Å². The quantitative estimate of drug-likeness (QED) is 0.216. The van der Waals surface area contributed by atoms with Crippen LogP contribution in [-0.4, -0.2) is 77.0 Å². The molecule has 0 aliphatic carbocycles. The molecule has 1 saturated heterocycles. The minimum Gasteiger partial charge on any atom is -0.470 e. The number of rotatable bonds is 10. The normalized spacial score (nSPS) is 15.0. The molecule has 0 unspecified atom stereocenters. The van der Waals surface area contributed by atoms with Crippen LogP contribution in [0.2, 0.25) is 5.02 Å². The number of anilines is 1. The van der Waals surface area contributed by atoms with Crippen molar-refractivity contribution in [2.75, 3.05) is 44.8 Å². The summed E-state index contributed by atoms with van der Waals surface area (Å²) in [4.78, 5) is 16.8. The maximum Gasteiger partial charge on any atom is 0.181 e. The van der Waals surface area contributed by atoms with E-state index >= 15 is 0 Å². The molecule has 3 N–H and O–H groups in total. The predicted octanol–water partition coefficient (Wildman–Crippen LogP) is 6.02. The number of allylic oxidation sites excluding steroid dienone is 1. The van der Waals surface area contributed by atoms with Gasteiger partial charge in [-0.15, -0.1) is 0 Å². The highest BCUT2D eigenvalue weighted by molar-refractivity contribution is 6.36. The topological polar surface area (TPSA) is 96.9 Å². The lowest BCUT2D eigenvalue weighted by atomic mass is 10.2. The lowest BCUT2D eigenvalue weighted by Crippen LogP contribution is -2.48. The highest BCUT2D eigenvalue weighted by Crippen LogP contribution is 2.32. The number of hydrogen-bond donors (Lipinski definition) is 3. The number of ether oxygens (including phenoxy) is 1. The van der Waals surface area contributed by atoms with Gasteiger partial charge in [-0.2, -0.15) is 5.10 Å². The van der Waals surface area contributed by atoms with E-state index in [9.17, 15) is 0 Å². The van der Waals surface area contributed by atoms with Gasteiger partial charge in [0.25, 0.3) is 0 Å². The molecule has 1 fully saturated rings. The molecule has 10 heteroatoms. The van der Waals surface area contributed by atoms with E-state index < -0.39 is 0 Å². The number of benzene rings is 1. The van der Waals surface area contributed by atoms with Gasteiger partial charge in [0, 0.05) is 55.4 Å². The van der Waals surface area contributed by atoms with Crippen molar-refractivity contribution in [3.8, 4) is 5.75 Å². The Labute approximate surface area is 230 Å². The Morgan fingerprint density at radius 3 is 2.74 bits per heavy atom. The molecule has 1 aromatic carbocycles. The SMILES string of the molecule is C=N/C(=C\C(=N/COc1ccc2[nH]ccc2c1Cl)N1CCN(CCC)CC1)Nc1cc(/C=C/C)[nH]n1.CC. The van der Waals surface area contributed by atoms with E-state index in [2.05, 4.69) is 48.9 Å². The number of nitrogens with one attached hydrogen (secondary N) is 3. The molecule has 1 aliphatic heterocycles. The average Bonchev–Trinajstić information content (AvgIpc) is 3.61. The van der Waals surface area contributed by atoms with Gasteiger partial charge in [-0.25, -0.2) is 9.98 Å². The number of piperazine rings is 1. The minimum absolute atomic E-state index is 0.120. The molecular formula is C28H39ClN8O. The maximum atomic E-state index is 6.54. The third kappa shape index (κ3) is 7.72. The average molecular weight is 539 g/mol. The number of halogens is 1. The van der Waals surface area contributed by atoms with Crippen LogP contribution in [0.1, 0.15) is 39.8 Å². The summed E-state index contributed by atoms with van der Waals surface area (Å²) >= 11 is 6.54. The fourth-order valence-electron chi connectivity index (χ4n) is 4.15. The van der Waals surface area contributed by atoms with Gasteiger partial charge in [-0.05, 0) is 50.9 Å². The summed E-state index contributed by atoms with van der Waals surface area (Å²) in [6, 6.07) is 7.64. The van der Waals surface area contributed by atoms with Gasteiger partial charge in [0.1, 0.15) is 17.4 Å². The van der Waals surface area contributed by atoms with Crippen LogP contribution in [0.15, 0.2) is 58.4 Å². The van der Waals surface area contributed by atoms with E-state index in [1.807, 2.05) is 69.5 Å². The zero-order chi connectivity index (χ0) is 27.3. The summed E-state index contributed by atoms with van der Waals surface area (Å²) in [6.45, 7) is 16.8. The van der Waals surface area contributed by atoms with E-state index in [0.717, 1.165) is 61.6 Å². The van der Waals surface area contributed by atoms with Crippen LogP contribution in [0.3, 0.4) is 0 Å². The summed E-state index contributed by atoms with van der Waals surface area (Å²) in [5.74, 6) is 2.56. The standard InChI is InChI=1S/C26H33ClN8O.C2H6/c1-4-6-19-16-24(33-32-19)31-23(28-3)17-25(35-14-12-34(11-5-2)13-15-35)30-18-36-22-8-7-21-20(26(22)27)9-10-29-21;1-2/h4,6-10,16-17,29H,3,5,11-15,18H2,1-2H3,(H2,31,32,33);1-2H3/b6-4+,23-17+,30-25+;. The fraction of sp³-hybridized carbons (Fsp3) is 0.393. The van der Waals surface area contributed by atoms with Crippen molar-refractivity contribution < 1.29 is 4.74 Å². The number of amidine groups is 1. The highest BCUT2D eigenvalue weighted by atomic mass is 35.5. The molecule has 0 radical (unpaired) electrons. The number of aromatic nitrogens is 3. The summed E-state index contributed by atoms with van der Waals surface area (Å²) < 4.78 is 5.97. The van der Waals surface area contributed by atoms with E-state index in [1.165, 1.54) is 0 Å². The Hall–Kier alpha value is -3.56. The molecule has 2 aromatic heterocycles. The lowest BCUT2D eigenvalue weighted by molar-refractivity contribution is 0.182. The molecule has 0 saturated carbocycles. The summed E-state index contributed by atoms with van der Waals surface area (Å²) in [5, 5.41) is 12.0. The molecule has 3 heterocycles. The Bertz CT molecular complexity index is 1250. The zero-order valence-corrected chi connectivity index (χ0v) is 23.6. The zero-order valence-electron chi connectivity index (χ0n) is 22.8. The molecule has 4 rings (SSSR count). The summed E-state index contributed by atoms with van der Waals surface area (Å²) in [7, 11) is 0. The van der Waals surface area contributed by atoms with Crippen LogP contribution in [0.5, 0.6) is 5.75 Å². The smallest absolute Gasteiger partial charge is 0.181 e. The van der Waals surface area contributed by atoms with E-state index in [1.54, 1.807) is 0 Å².